The summed E-state index contributed by atoms with van der Waals surface area (Å²) >= 11 is 2.08. The number of nitrogens with one attached hydrogen (secondary N) is 1. The Morgan fingerprint density at radius 2 is 1.88 bits per heavy atom. The molecule has 4 rings (SSSR count). The highest BCUT2D eigenvalue weighted by Gasteiger charge is 2.43. The van der Waals surface area contributed by atoms with Gasteiger partial charge in [0.25, 0.3) is 10.0 Å². The number of amides is 2. The van der Waals surface area contributed by atoms with Crippen molar-refractivity contribution in [2.45, 2.75) is 54.0 Å². The quantitative estimate of drug-likeness (QED) is 0.647. The minimum absolute atomic E-state index is 0.110. The van der Waals surface area contributed by atoms with Gasteiger partial charge in [-0.15, -0.1) is 15.7 Å². The summed E-state index contributed by atoms with van der Waals surface area (Å²) in [6, 6.07) is 8.32. The molecule has 1 N–H and O–H groups in total. The van der Waals surface area contributed by atoms with Crippen LogP contribution < -0.4 is 5.32 Å². The van der Waals surface area contributed by atoms with Crippen molar-refractivity contribution in [1.82, 2.24) is 4.90 Å². The Balaban J connectivity index is 1.55. The van der Waals surface area contributed by atoms with Crippen LogP contribution in [0.25, 0.3) is 0 Å². The van der Waals surface area contributed by atoms with E-state index in [2.05, 4.69) is 9.71 Å². The fourth-order valence-electron chi connectivity index (χ4n) is 3.83. The van der Waals surface area contributed by atoms with Crippen molar-refractivity contribution in [3.63, 3.8) is 0 Å². The number of halogens is 1. The first kappa shape index (κ1) is 22.9. The van der Waals surface area contributed by atoms with Crippen LogP contribution in [0, 0.1) is 5.82 Å². The third-order valence-electron chi connectivity index (χ3n) is 5.35. The van der Waals surface area contributed by atoms with Crippen LogP contribution in [0.2, 0.25) is 0 Å². The monoisotopic (exact) mass is 495 g/mol. The Morgan fingerprint density at radius 3 is 2.53 bits per heavy atom. The smallest absolute Gasteiger partial charge is 0.294 e. The Hall–Kier alpha value is -2.24. The number of amidine groups is 1. The van der Waals surface area contributed by atoms with Crippen molar-refractivity contribution in [1.29, 1.82) is 0 Å². The van der Waals surface area contributed by atoms with E-state index >= 15 is 0 Å². The molecular formula is C21H22FN3O4S3. The van der Waals surface area contributed by atoms with Gasteiger partial charge >= 0.3 is 0 Å². The molecule has 2 heterocycles. The molecule has 2 amide bonds. The Bertz CT molecular complexity index is 1110. The molecule has 0 bridgehead atoms. The van der Waals surface area contributed by atoms with Crippen molar-refractivity contribution in [2.75, 3.05) is 5.32 Å². The van der Waals surface area contributed by atoms with Crippen LogP contribution in [0.4, 0.5) is 10.1 Å². The zero-order chi connectivity index (χ0) is 22.7. The number of thiophene rings is 1. The average Bonchev–Trinajstić information content (AvgIpc) is 3.40. The van der Waals surface area contributed by atoms with Crippen molar-refractivity contribution in [2.24, 2.45) is 4.40 Å². The van der Waals surface area contributed by atoms with Gasteiger partial charge in [0.05, 0.1) is 0 Å². The van der Waals surface area contributed by atoms with Crippen LogP contribution in [-0.2, 0) is 19.6 Å². The number of nitrogens with zero attached hydrogens (tertiary/aromatic N) is 2. The molecule has 11 heteroatoms. The largest absolute Gasteiger partial charge is 0.326 e. The van der Waals surface area contributed by atoms with Gasteiger partial charge in [0, 0.05) is 18.2 Å². The SMILES string of the molecule is O=C(C[C@@H]1SC(=NS(=O)(=O)c2cccs2)N(C2CCCCC2)C1=O)Nc1ccc(F)cc1. The number of hydrogen-bond donors (Lipinski definition) is 1. The molecule has 0 spiro atoms. The Kier molecular flexibility index (Phi) is 6.96. The normalized spacial score (nSPS) is 21.3. The lowest BCUT2D eigenvalue weighted by Crippen LogP contribution is -2.42. The van der Waals surface area contributed by atoms with Crippen molar-refractivity contribution in [3.8, 4) is 0 Å². The van der Waals surface area contributed by atoms with Gasteiger partial charge in [-0.05, 0) is 48.6 Å². The summed E-state index contributed by atoms with van der Waals surface area (Å²) in [4.78, 5) is 27.2. The Morgan fingerprint density at radius 1 is 1.16 bits per heavy atom. The van der Waals surface area contributed by atoms with Crippen molar-refractivity contribution in [3.05, 3.63) is 47.6 Å². The first-order valence-electron chi connectivity index (χ1n) is 10.3. The number of rotatable bonds is 6. The fourth-order valence-corrected chi connectivity index (χ4v) is 7.20. The summed E-state index contributed by atoms with van der Waals surface area (Å²) in [5.41, 5.74) is 0.421. The number of anilines is 1. The molecule has 2 aliphatic rings. The van der Waals surface area contributed by atoms with E-state index < -0.39 is 27.0 Å². The summed E-state index contributed by atoms with van der Waals surface area (Å²) in [5, 5.41) is 3.67. The molecular weight excluding hydrogens is 473 g/mol. The van der Waals surface area contributed by atoms with Gasteiger partial charge in [0.1, 0.15) is 15.3 Å². The van der Waals surface area contributed by atoms with Crippen LogP contribution >= 0.6 is 23.1 Å². The third kappa shape index (κ3) is 5.21. The third-order valence-corrected chi connectivity index (χ3v) is 9.26. The molecule has 1 saturated carbocycles. The van der Waals surface area contributed by atoms with Crippen LogP contribution in [0.3, 0.4) is 0 Å². The van der Waals surface area contributed by atoms with Crippen molar-refractivity contribution >= 4 is 55.8 Å². The molecule has 1 aliphatic heterocycles. The molecule has 1 aliphatic carbocycles. The predicted octanol–water partition coefficient (Wildman–Crippen LogP) is 4.24. The molecule has 1 aromatic heterocycles. The second kappa shape index (κ2) is 9.72. The first-order chi connectivity index (χ1) is 15.3. The lowest BCUT2D eigenvalue weighted by atomic mass is 9.94. The second-order valence-corrected chi connectivity index (χ2v) is 11.6. The standard InChI is InChI=1S/C21H22FN3O4S3/c22-14-8-10-15(11-9-14)23-18(26)13-17-20(27)25(16-5-2-1-3-6-16)21(31-17)24-32(28,29)19-7-4-12-30-19/h4,7-12,16-17H,1-3,5-6,13H2,(H,23,26)/t17-/m0/s1. The molecule has 2 aromatic rings. The van der Waals surface area contributed by atoms with Crippen LogP contribution in [0.15, 0.2) is 50.4 Å². The molecule has 7 nitrogen and oxygen atoms in total. The van der Waals surface area contributed by atoms with Crippen LogP contribution in [-0.4, -0.2) is 41.6 Å². The van der Waals surface area contributed by atoms with Gasteiger partial charge < -0.3 is 5.32 Å². The highest BCUT2D eigenvalue weighted by Crippen LogP contribution is 2.36. The average molecular weight is 496 g/mol. The molecule has 0 unspecified atom stereocenters. The van der Waals surface area contributed by atoms with Crippen LogP contribution in [0.5, 0.6) is 0 Å². The summed E-state index contributed by atoms with van der Waals surface area (Å²) < 4.78 is 42.7. The number of hydrogen-bond acceptors (Lipinski definition) is 6. The van der Waals surface area contributed by atoms with Gasteiger partial charge in [-0.3, -0.25) is 14.5 Å². The van der Waals surface area contributed by atoms with Crippen molar-refractivity contribution < 1.29 is 22.4 Å². The number of thioether (sulfide) groups is 1. The molecule has 170 valence electrons. The van der Waals surface area contributed by atoms with Gasteiger partial charge in [0.2, 0.25) is 11.8 Å². The minimum Gasteiger partial charge on any atom is -0.326 e. The second-order valence-electron chi connectivity index (χ2n) is 7.65. The van der Waals surface area contributed by atoms with E-state index in [0.29, 0.717) is 5.69 Å². The molecule has 2 fully saturated rings. The van der Waals surface area contributed by atoms with Gasteiger partial charge in [-0.2, -0.15) is 8.42 Å². The van der Waals surface area contributed by atoms with E-state index in [4.69, 9.17) is 0 Å². The zero-order valence-corrected chi connectivity index (χ0v) is 19.5. The number of benzene rings is 1. The van der Waals surface area contributed by atoms with Gasteiger partial charge in [-0.1, -0.05) is 37.1 Å². The summed E-state index contributed by atoms with van der Waals surface area (Å²) in [6.07, 6.45) is 4.41. The van der Waals surface area contributed by atoms with E-state index in [9.17, 15) is 22.4 Å². The van der Waals surface area contributed by atoms with E-state index in [1.54, 1.807) is 11.4 Å². The zero-order valence-electron chi connectivity index (χ0n) is 17.1. The number of carbonyl (C=O) groups is 2. The summed E-state index contributed by atoms with van der Waals surface area (Å²) in [7, 11) is -3.94. The van der Waals surface area contributed by atoms with E-state index in [1.165, 1.54) is 35.2 Å². The van der Waals surface area contributed by atoms with E-state index in [1.807, 2.05) is 0 Å². The molecule has 32 heavy (non-hydrogen) atoms. The maximum atomic E-state index is 13.2. The van der Waals surface area contributed by atoms with Gasteiger partial charge in [-0.25, -0.2) is 4.39 Å². The fraction of sp³-hybridized carbons (Fsp3) is 0.381. The number of sulfonamides is 1. The number of carbonyl (C=O) groups excluding carboxylic acids is 2. The molecule has 1 atom stereocenters. The van der Waals surface area contributed by atoms with E-state index in [-0.39, 0.29) is 27.7 Å². The predicted molar refractivity (Wildman–Crippen MR) is 124 cm³/mol. The Labute approximate surface area is 194 Å². The maximum absolute atomic E-state index is 13.2. The highest BCUT2D eigenvalue weighted by atomic mass is 32.2. The lowest BCUT2D eigenvalue weighted by molar-refractivity contribution is -0.130. The summed E-state index contributed by atoms with van der Waals surface area (Å²) in [5.74, 6) is -1.12. The van der Waals surface area contributed by atoms with E-state index in [0.717, 1.165) is 55.2 Å². The highest BCUT2D eigenvalue weighted by molar-refractivity contribution is 8.16. The molecule has 1 aromatic carbocycles. The molecule has 1 saturated heterocycles. The lowest BCUT2D eigenvalue weighted by Gasteiger charge is -2.30. The summed E-state index contributed by atoms with van der Waals surface area (Å²) in [6.45, 7) is 0. The maximum Gasteiger partial charge on any atom is 0.294 e. The first-order valence-corrected chi connectivity index (χ1v) is 13.5. The van der Waals surface area contributed by atoms with Gasteiger partial charge in [0.15, 0.2) is 5.17 Å². The van der Waals surface area contributed by atoms with Crippen LogP contribution in [0.1, 0.15) is 38.5 Å². The molecule has 0 radical (unpaired) electrons. The minimum atomic E-state index is -3.94. The topological polar surface area (TPSA) is 95.9 Å².